The number of benzene rings is 10. The lowest BCUT2D eigenvalue weighted by Gasteiger charge is -2.28. The minimum Gasteiger partial charge on any atom is -0.310 e. The molecule has 3 heteroatoms. The molecular formula is C56H36N2S. The van der Waals surface area contributed by atoms with E-state index in [1.54, 1.807) is 0 Å². The van der Waals surface area contributed by atoms with Crippen LogP contribution in [0.3, 0.4) is 0 Å². The molecule has 0 aliphatic heterocycles. The maximum Gasteiger partial charge on any atom is 0.0555 e. The van der Waals surface area contributed by atoms with Crippen LogP contribution in [0.15, 0.2) is 218 Å². The minimum atomic E-state index is 1.12. The van der Waals surface area contributed by atoms with E-state index in [0.717, 1.165) is 22.7 Å². The Hall–Kier alpha value is -7.46. The average molecular weight is 769 g/mol. The second kappa shape index (κ2) is 13.6. The fourth-order valence-corrected chi connectivity index (χ4v) is 10.5. The Labute approximate surface area is 346 Å². The normalized spacial score (nSPS) is 11.7. The molecule has 0 amide bonds. The van der Waals surface area contributed by atoms with Crippen LogP contribution < -0.4 is 4.90 Å². The van der Waals surface area contributed by atoms with Crippen LogP contribution in [-0.2, 0) is 0 Å². The molecule has 59 heavy (non-hydrogen) atoms. The van der Waals surface area contributed by atoms with Gasteiger partial charge in [0.05, 0.1) is 16.7 Å². The Morgan fingerprint density at radius 3 is 1.76 bits per heavy atom. The van der Waals surface area contributed by atoms with Gasteiger partial charge in [-0.25, -0.2) is 0 Å². The number of fused-ring (bicyclic) bond motifs is 9. The van der Waals surface area contributed by atoms with Crippen molar-refractivity contribution in [1.29, 1.82) is 0 Å². The molecule has 10 aromatic carbocycles. The highest BCUT2D eigenvalue weighted by Crippen LogP contribution is 2.49. The standard InChI is InChI=1S/C56H36N2S/c1-3-13-37(14-4-1)38-23-25-40(26-24-38)46-32-34-53(55-48-20-10-12-22-54(48)59-56(46)55)57(43-30-29-41-28-27-39-15-7-8-18-45(39)49(41)35-43)44-31-33-52-50(36-44)47-19-9-11-21-51(47)58(52)42-16-5-2-6-17-42/h1-36H. The maximum absolute atomic E-state index is 2.50. The molecule has 12 rings (SSSR count). The highest BCUT2D eigenvalue weighted by Gasteiger charge is 2.23. The smallest absolute Gasteiger partial charge is 0.0555 e. The molecule has 0 fully saturated rings. The van der Waals surface area contributed by atoms with Crippen molar-refractivity contribution in [1.82, 2.24) is 4.57 Å². The maximum atomic E-state index is 2.50. The topological polar surface area (TPSA) is 8.17 Å². The monoisotopic (exact) mass is 768 g/mol. The third-order valence-electron chi connectivity index (χ3n) is 12.0. The molecule has 0 aliphatic rings. The van der Waals surface area contributed by atoms with Crippen LogP contribution in [0.1, 0.15) is 0 Å². The van der Waals surface area contributed by atoms with Crippen LogP contribution in [-0.4, -0.2) is 4.57 Å². The van der Waals surface area contributed by atoms with Gasteiger partial charge < -0.3 is 9.47 Å². The zero-order valence-corrected chi connectivity index (χ0v) is 32.9. The van der Waals surface area contributed by atoms with E-state index in [-0.39, 0.29) is 0 Å². The number of nitrogens with zero attached hydrogens (tertiary/aromatic N) is 2. The van der Waals surface area contributed by atoms with E-state index in [0.29, 0.717) is 0 Å². The van der Waals surface area contributed by atoms with Crippen molar-refractivity contribution in [2.24, 2.45) is 0 Å². The molecule has 0 bridgehead atoms. The van der Waals surface area contributed by atoms with E-state index < -0.39 is 0 Å². The SMILES string of the molecule is c1ccc(-c2ccc(-c3ccc(N(c4ccc5ccc6ccccc6c5c4)c4ccc5c(c4)c4ccccc4n5-c4ccccc4)c4c3sc3ccccc34)cc2)cc1. The molecule has 12 aromatic rings. The summed E-state index contributed by atoms with van der Waals surface area (Å²) in [5, 5.41) is 9.96. The van der Waals surface area contributed by atoms with Crippen molar-refractivity contribution in [2.75, 3.05) is 4.90 Å². The summed E-state index contributed by atoms with van der Waals surface area (Å²) in [6.07, 6.45) is 0. The molecule has 0 aliphatic carbocycles. The first-order chi connectivity index (χ1) is 29.3. The first-order valence-electron chi connectivity index (χ1n) is 20.2. The molecule has 0 N–H and O–H groups in total. The van der Waals surface area contributed by atoms with Crippen LogP contribution in [0.5, 0.6) is 0 Å². The van der Waals surface area contributed by atoms with Gasteiger partial charge in [0.25, 0.3) is 0 Å². The van der Waals surface area contributed by atoms with E-state index in [4.69, 9.17) is 0 Å². The average Bonchev–Trinajstić information content (AvgIpc) is 3.86. The Kier molecular flexibility index (Phi) is 7.75. The van der Waals surface area contributed by atoms with Gasteiger partial charge in [-0.3, -0.25) is 0 Å². The lowest BCUT2D eigenvalue weighted by atomic mass is 9.97. The third kappa shape index (κ3) is 5.47. The van der Waals surface area contributed by atoms with Gasteiger partial charge in [-0.15, -0.1) is 11.3 Å². The zero-order valence-electron chi connectivity index (χ0n) is 32.1. The second-order valence-electron chi connectivity index (χ2n) is 15.3. The number of rotatable bonds is 6. The fraction of sp³-hybridized carbons (Fsp3) is 0. The molecule has 276 valence electrons. The van der Waals surface area contributed by atoms with E-state index in [1.165, 1.54) is 85.8 Å². The van der Waals surface area contributed by atoms with Gasteiger partial charge in [-0.05, 0) is 104 Å². The van der Waals surface area contributed by atoms with Gasteiger partial charge in [0.2, 0.25) is 0 Å². The fourth-order valence-electron chi connectivity index (χ4n) is 9.21. The van der Waals surface area contributed by atoms with E-state index >= 15 is 0 Å². The number of hydrogen-bond donors (Lipinski definition) is 0. The Bertz CT molecular complexity index is 3540. The minimum absolute atomic E-state index is 1.12. The summed E-state index contributed by atoms with van der Waals surface area (Å²) >= 11 is 1.89. The molecule has 0 saturated carbocycles. The number of para-hydroxylation sites is 2. The van der Waals surface area contributed by atoms with E-state index in [2.05, 4.69) is 228 Å². The first kappa shape index (κ1) is 33.7. The summed E-state index contributed by atoms with van der Waals surface area (Å²) in [5.41, 5.74) is 11.8. The predicted octanol–water partition coefficient (Wildman–Crippen LogP) is 16.3. The van der Waals surface area contributed by atoms with Crippen molar-refractivity contribution in [3.8, 4) is 27.9 Å². The Morgan fingerprint density at radius 2 is 0.949 bits per heavy atom. The molecule has 2 heterocycles. The van der Waals surface area contributed by atoms with Crippen LogP contribution in [0.25, 0.3) is 91.5 Å². The van der Waals surface area contributed by atoms with Crippen LogP contribution >= 0.6 is 11.3 Å². The van der Waals surface area contributed by atoms with E-state index in [9.17, 15) is 0 Å². The van der Waals surface area contributed by atoms with Crippen molar-refractivity contribution < 1.29 is 0 Å². The lowest BCUT2D eigenvalue weighted by Crippen LogP contribution is -2.10. The van der Waals surface area contributed by atoms with Crippen molar-refractivity contribution in [2.45, 2.75) is 0 Å². The molecule has 2 aromatic heterocycles. The Balaban J connectivity index is 1.13. The zero-order chi connectivity index (χ0) is 38.9. The van der Waals surface area contributed by atoms with Crippen molar-refractivity contribution >= 4 is 91.9 Å². The van der Waals surface area contributed by atoms with E-state index in [1.807, 2.05) is 11.3 Å². The van der Waals surface area contributed by atoms with Gasteiger partial charge in [-0.1, -0.05) is 158 Å². The molecule has 0 unspecified atom stereocenters. The van der Waals surface area contributed by atoms with Gasteiger partial charge in [-0.2, -0.15) is 0 Å². The highest BCUT2D eigenvalue weighted by atomic mass is 32.1. The highest BCUT2D eigenvalue weighted by molar-refractivity contribution is 7.26. The molecular weight excluding hydrogens is 733 g/mol. The number of hydrogen-bond acceptors (Lipinski definition) is 2. The molecule has 0 atom stereocenters. The summed E-state index contributed by atoms with van der Waals surface area (Å²) < 4.78 is 4.96. The molecule has 0 spiro atoms. The number of aromatic nitrogens is 1. The van der Waals surface area contributed by atoms with Gasteiger partial charge >= 0.3 is 0 Å². The predicted molar refractivity (Wildman–Crippen MR) is 254 cm³/mol. The lowest BCUT2D eigenvalue weighted by molar-refractivity contribution is 1.18. The summed E-state index contributed by atoms with van der Waals surface area (Å²) in [6, 6.07) is 80.0. The van der Waals surface area contributed by atoms with Crippen molar-refractivity contribution in [3.63, 3.8) is 0 Å². The number of anilines is 3. The summed E-state index contributed by atoms with van der Waals surface area (Å²) in [4.78, 5) is 2.50. The Morgan fingerprint density at radius 1 is 0.373 bits per heavy atom. The molecule has 2 nitrogen and oxygen atoms in total. The van der Waals surface area contributed by atoms with Gasteiger partial charge in [0.15, 0.2) is 0 Å². The summed E-state index contributed by atoms with van der Waals surface area (Å²) in [7, 11) is 0. The van der Waals surface area contributed by atoms with Crippen LogP contribution in [0.4, 0.5) is 17.1 Å². The van der Waals surface area contributed by atoms with Gasteiger partial charge in [0.1, 0.15) is 0 Å². The molecule has 0 radical (unpaired) electrons. The largest absolute Gasteiger partial charge is 0.310 e. The summed E-state index contributed by atoms with van der Waals surface area (Å²) in [5.74, 6) is 0. The first-order valence-corrected chi connectivity index (χ1v) is 21.0. The summed E-state index contributed by atoms with van der Waals surface area (Å²) in [6.45, 7) is 0. The van der Waals surface area contributed by atoms with Gasteiger partial charge in [0, 0.05) is 48.0 Å². The van der Waals surface area contributed by atoms with Crippen LogP contribution in [0, 0.1) is 0 Å². The quantitative estimate of drug-likeness (QED) is 0.153. The second-order valence-corrected chi connectivity index (χ2v) is 16.3. The number of thiophene rings is 1. The van der Waals surface area contributed by atoms with Crippen LogP contribution in [0.2, 0.25) is 0 Å². The molecule has 0 saturated heterocycles. The third-order valence-corrected chi connectivity index (χ3v) is 13.2. The van der Waals surface area contributed by atoms with Crippen molar-refractivity contribution in [3.05, 3.63) is 218 Å².